The zero-order valence-corrected chi connectivity index (χ0v) is 13.9. The Morgan fingerprint density at radius 3 is 2.42 bits per heavy atom. The first kappa shape index (κ1) is 17.8. The van der Waals surface area contributed by atoms with E-state index < -0.39 is 6.04 Å². The van der Waals surface area contributed by atoms with Crippen LogP contribution in [0.15, 0.2) is 54.6 Å². The van der Waals surface area contributed by atoms with E-state index in [1.807, 2.05) is 54.6 Å². The van der Waals surface area contributed by atoms with Gasteiger partial charge in [0.05, 0.1) is 19.8 Å². The molecule has 2 aromatic carbocycles. The van der Waals surface area contributed by atoms with Crippen molar-refractivity contribution in [3.63, 3.8) is 0 Å². The number of nitrogens with one attached hydrogen (secondary N) is 1. The summed E-state index contributed by atoms with van der Waals surface area (Å²) in [6.07, 6.45) is 1.25. The highest BCUT2D eigenvalue weighted by Gasteiger charge is 2.13. The first-order chi connectivity index (χ1) is 11.7. The third-order valence-electron chi connectivity index (χ3n) is 3.58. The monoisotopic (exact) mass is 328 g/mol. The van der Waals surface area contributed by atoms with Gasteiger partial charge in [-0.05, 0) is 42.7 Å². The van der Waals surface area contributed by atoms with Crippen LogP contribution in [0.4, 0.5) is 0 Å². The molecule has 1 amide bonds. The van der Waals surface area contributed by atoms with Crippen LogP contribution in [0.25, 0.3) is 0 Å². The lowest BCUT2D eigenvalue weighted by atomic mass is 10.1. The summed E-state index contributed by atoms with van der Waals surface area (Å²) in [5.41, 5.74) is 6.99. The van der Waals surface area contributed by atoms with Crippen molar-refractivity contribution in [1.29, 1.82) is 0 Å². The van der Waals surface area contributed by atoms with Gasteiger partial charge in [0, 0.05) is 6.54 Å². The number of benzene rings is 2. The van der Waals surface area contributed by atoms with Gasteiger partial charge in [-0.15, -0.1) is 0 Å². The number of nitrogens with two attached hydrogens (primary N) is 1. The van der Waals surface area contributed by atoms with Crippen LogP contribution in [0.2, 0.25) is 0 Å². The molecule has 0 aliphatic rings. The van der Waals surface area contributed by atoms with Crippen molar-refractivity contribution in [3.8, 4) is 11.5 Å². The van der Waals surface area contributed by atoms with E-state index in [4.69, 9.17) is 15.2 Å². The summed E-state index contributed by atoms with van der Waals surface area (Å²) in [6, 6.07) is 16.6. The second kappa shape index (κ2) is 9.57. The van der Waals surface area contributed by atoms with Gasteiger partial charge in [-0.1, -0.05) is 30.3 Å². The molecule has 0 heterocycles. The molecule has 128 valence electrons. The normalized spacial score (nSPS) is 11.6. The lowest BCUT2D eigenvalue weighted by Gasteiger charge is -2.12. The largest absolute Gasteiger partial charge is 0.497 e. The highest BCUT2D eigenvalue weighted by atomic mass is 16.5. The smallest absolute Gasteiger partial charge is 0.237 e. The number of hydrogen-bond acceptors (Lipinski definition) is 4. The summed E-state index contributed by atoms with van der Waals surface area (Å²) in [4.78, 5) is 12.0. The summed E-state index contributed by atoms with van der Waals surface area (Å²) < 4.78 is 10.7. The van der Waals surface area contributed by atoms with Crippen LogP contribution < -0.4 is 20.5 Å². The number of rotatable bonds is 9. The van der Waals surface area contributed by atoms with E-state index in [2.05, 4.69) is 5.32 Å². The van der Waals surface area contributed by atoms with Crippen molar-refractivity contribution in [2.45, 2.75) is 18.9 Å². The molecule has 0 fully saturated rings. The SMILES string of the molecule is COc1ccc(OCCCNC(=O)[C@@H](N)Cc2ccccc2)cc1. The van der Waals surface area contributed by atoms with Crippen LogP contribution in [0.1, 0.15) is 12.0 Å². The first-order valence-corrected chi connectivity index (χ1v) is 8.03. The summed E-state index contributed by atoms with van der Waals surface area (Å²) in [5.74, 6) is 1.44. The van der Waals surface area contributed by atoms with E-state index in [9.17, 15) is 4.79 Å². The molecule has 0 saturated carbocycles. The standard InChI is InChI=1S/C19H24N2O3/c1-23-16-8-10-17(11-9-16)24-13-5-12-21-19(22)18(20)14-15-6-3-2-4-7-15/h2-4,6-11,18H,5,12-14,20H2,1H3,(H,21,22)/t18-/m0/s1. The van der Waals surface area contributed by atoms with E-state index in [0.717, 1.165) is 23.5 Å². The van der Waals surface area contributed by atoms with E-state index in [1.165, 1.54) is 0 Å². The van der Waals surface area contributed by atoms with Gasteiger partial charge in [-0.2, -0.15) is 0 Å². The maximum atomic E-state index is 12.0. The molecule has 0 radical (unpaired) electrons. The van der Waals surface area contributed by atoms with E-state index in [-0.39, 0.29) is 5.91 Å². The van der Waals surface area contributed by atoms with Gasteiger partial charge in [0.25, 0.3) is 0 Å². The van der Waals surface area contributed by atoms with Crippen LogP contribution in [0.5, 0.6) is 11.5 Å². The molecular weight excluding hydrogens is 304 g/mol. The Balaban J connectivity index is 1.61. The third kappa shape index (κ3) is 5.93. The van der Waals surface area contributed by atoms with Gasteiger partial charge in [0.15, 0.2) is 0 Å². The summed E-state index contributed by atoms with van der Waals surface area (Å²) in [5, 5.41) is 2.84. The quantitative estimate of drug-likeness (QED) is 0.692. The Morgan fingerprint density at radius 1 is 1.08 bits per heavy atom. The maximum absolute atomic E-state index is 12.0. The van der Waals surface area contributed by atoms with Crippen LogP contribution in [0, 0.1) is 0 Å². The Labute approximate surface area is 142 Å². The van der Waals surface area contributed by atoms with Gasteiger partial charge in [-0.25, -0.2) is 0 Å². The molecule has 2 aromatic rings. The van der Waals surface area contributed by atoms with Gasteiger partial charge >= 0.3 is 0 Å². The molecule has 2 rings (SSSR count). The van der Waals surface area contributed by atoms with Crippen molar-refractivity contribution in [1.82, 2.24) is 5.32 Å². The highest BCUT2D eigenvalue weighted by Crippen LogP contribution is 2.16. The fourth-order valence-electron chi connectivity index (χ4n) is 2.24. The number of carbonyl (C=O) groups excluding carboxylic acids is 1. The molecule has 0 aliphatic heterocycles. The number of hydrogen-bond donors (Lipinski definition) is 2. The van der Waals surface area contributed by atoms with Crippen LogP contribution >= 0.6 is 0 Å². The molecular formula is C19H24N2O3. The molecule has 0 spiro atoms. The zero-order valence-electron chi connectivity index (χ0n) is 13.9. The fourth-order valence-corrected chi connectivity index (χ4v) is 2.24. The van der Waals surface area contributed by atoms with Gasteiger partial charge in [0.1, 0.15) is 11.5 Å². The van der Waals surface area contributed by atoms with Crippen molar-refractivity contribution >= 4 is 5.91 Å². The lowest BCUT2D eigenvalue weighted by molar-refractivity contribution is -0.122. The van der Waals surface area contributed by atoms with Gasteiger partial charge in [-0.3, -0.25) is 4.79 Å². The number of carbonyl (C=O) groups is 1. The minimum atomic E-state index is -0.532. The number of methoxy groups -OCH3 is 1. The number of ether oxygens (including phenoxy) is 2. The molecule has 0 aliphatic carbocycles. The van der Waals surface area contributed by atoms with Crippen LogP contribution in [-0.2, 0) is 11.2 Å². The third-order valence-corrected chi connectivity index (χ3v) is 3.58. The van der Waals surface area contributed by atoms with Gasteiger partial charge in [0.2, 0.25) is 5.91 Å². The average molecular weight is 328 g/mol. The van der Waals surface area contributed by atoms with Crippen molar-refractivity contribution in [2.24, 2.45) is 5.73 Å². The second-order valence-corrected chi connectivity index (χ2v) is 5.46. The second-order valence-electron chi connectivity index (χ2n) is 5.46. The van der Waals surface area contributed by atoms with E-state index in [0.29, 0.717) is 19.6 Å². The van der Waals surface area contributed by atoms with Crippen LogP contribution in [-0.4, -0.2) is 32.2 Å². The Kier molecular flexibility index (Phi) is 7.11. The topological polar surface area (TPSA) is 73.6 Å². The minimum absolute atomic E-state index is 0.136. The zero-order chi connectivity index (χ0) is 17.2. The summed E-state index contributed by atoms with van der Waals surface area (Å²) in [7, 11) is 1.63. The predicted octanol–water partition coefficient (Wildman–Crippen LogP) is 2.15. The fraction of sp³-hybridized carbons (Fsp3) is 0.316. The lowest BCUT2D eigenvalue weighted by Crippen LogP contribution is -2.42. The molecule has 1 atom stereocenters. The molecule has 5 nitrogen and oxygen atoms in total. The molecule has 0 bridgehead atoms. The van der Waals surface area contributed by atoms with Crippen LogP contribution in [0.3, 0.4) is 0 Å². The molecule has 3 N–H and O–H groups in total. The molecule has 24 heavy (non-hydrogen) atoms. The first-order valence-electron chi connectivity index (χ1n) is 8.03. The molecule has 5 heteroatoms. The molecule has 0 aromatic heterocycles. The van der Waals surface area contributed by atoms with E-state index in [1.54, 1.807) is 7.11 Å². The van der Waals surface area contributed by atoms with Crippen molar-refractivity contribution in [3.05, 3.63) is 60.2 Å². The number of amides is 1. The maximum Gasteiger partial charge on any atom is 0.237 e. The highest BCUT2D eigenvalue weighted by molar-refractivity contribution is 5.81. The van der Waals surface area contributed by atoms with Crippen molar-refractivity contribution < 1.29 is 14.3 Å². The Hall–Kier alpha value is -2.53. The van der Waals surface area contributed by atoms with E-state index >= 15 is 0 Å². The predicted molar refractivity (Wildman–Crippen MR) is 94.2 cm³/mol. The molecule has 0 unspecified atom stereocenters. The average Bonchev–Trinajstić information content (AvgIpc) is 2.62. The Bertz CT molecular complexity index is 614. The Morgan fingerprint density at radius 2 is 1.75 bits per heavy atom. The van der Waals surface area contributed by atoms with Gasteiger partial charge < -0.3 is 20.5 Å². The summed E-state index contributed by atoms with van der Waals surface area (Å²) >= 11 is 0. The van der Waals surface area contributed by atoms with Crippen molar-refractivity contribution in [2.75, 3.05) is 20.3 Å². The molecule has 0 saturated heterocycles. The minimum Gasteiger partial charge on any atom is -0.497 e. The summed E-state index contributed by atoms with van der Waals surface area (Å²) in [6.45, 7) is 1.07.